The second-order valence-electron chi connectivity index (χ2n) is 14.4. The third-order valence-electron chi connectivity index (χ3n) is 11.1. The van der Waals surface area contributed by atoms with E-state index in [1.807, 2.05) is 48.5 Å². The summed E-state index contributed by atoms with van der Waals surface area (Å²) < 4.78 is 8.68. The van der Waals surface area contributed by atoms with Gasteiger partial charge in [-0.05, 0) is 58.1 Å². The van der Waals surface area contributed by atoms with Gasteiger partial charge in [0.25, 0.3) is 0 Å². The van der Waals surface area contributed by atoms with Gasteiger partial charge >= 0.3 is 0 Å². The van der Waals surface area contributed by atoms with Crippen molar-refractivity contribution in [2.24, 2.45) is 0 Å². The van der Waals surface area contributed by atoms with Crippen LogP contribution in [0.4, 0.5) is 0 Å². The van der Waals surface area contributed by atoms with E-state index in [0.717, 1.165) is 60.6 Å². The van der Waals surface area contributed by atoms with Gasteiger partial charge in [-0.2, -0.15) is 9.97 Å². The zero-order valence-electron chi connectivity index (χ0n) is 29.2. The lowest BCUT2D eigenvalue weighted by Crippen LogP contribution is -2.15. The number of furan rings is 1. The van der Waals surface area contributed by atoms with Gasteiger partial charge in [-0.1, -0.05) is 141 Å². The van der Waals surface area contributed by atoms with Gasteiger partial charge < -0.3 is 4.42 Å². The third-order valence-corrected chi connectivity index (χ3v) is 11.1. The molecule has 0 spiro atoms. The number of hydrogen-bond acceptors (Lipinski definition) is 4. The molecule has 0 radical (unpaired) electrons. The van der Waals surface area contributed by atoms with Gasteiger partial charge in [0.15, 0.2) is 11.6 Å². The highest BCUT2D eigenvalue weighted by atomic mass is 16.3. The number of hydrogen-bond donors (Lipinski definition) is 0. The summed E-state index contributed by atoms with van der Waals surface area (Å²) in [5, 5.41) is 4.62. The van der Waals surface area contributed by atoms with Gasteiger partial charge in [-0.25, -0.2) is 4.98 Å². The largest absolute Gasteiger partial charge is 0.455 e. The Bertz CT molecular complexity index is 3020. The van der Waals surface area contributed by atoms with Crippen LogP contribution < -0.4 is 0 Å². The van der Waals surface area contributed by atoms with Crippen molar-refractivity contribution in [3.8, 4) is 51.0 Å². The summed E-state index contributed by atoms with van der Waals surface area (Å²) >= 11 is 0. The Morgan fingerprint density at radius 3 is 1.85 bits per heavy atom. The number of aromatic nitrogens is 4. The smallest absolute Gasteiger partial charge is 0.238 e. The molecule has 0 amide bonds. The molecule has 5 heteroatoms. The fraction of sp³-hybridized carbons (Fsp3) is 0.0625. The summed E-state index contributed by atoms with van der Waals surface area (Å²) in [5.41, 5.74) is 13.0. The van der Waals surface area contributed by atoms with Crippen molar-refractivity contribution in [2.75, 3.05) is 0 Å². The Morgan fingerprint density at radius 2 is 1.09 bits per heavy atom. The zero-order chi connectivity index (χ0) is 35.3. The molecule has 11 rings (SSSR count). The van der Waals surface area contributed by atoms with Crippen LogP contribution >= 0.6 is 0 Å². The van der Waals surface area contributed by atoms with E-state index < -0.39 is 0 Å². The Kier molecular flexibility index (Phi) is 6.23. The normalized spacial score (nSPS) is 13.2. The first kappa shape index (κ1) is 29.8. The molecule has 0 saturated heterocycles. The van der Waals surface area contributed by atoms with Crippen molar-refractivity contribution in [1.82, 2.24) is 19.5 Å². The lowest BCUT2D eigenvalue weighted by Gasteiger charge is -2.22. The van der Waals surface area contributed by atoms with Gasteiger partial charge in [0, 0.05) is 43.7 Å². The van der Waals surface area contributed by atoms with Crippen LogP contribution in [0.15, 0.2) is 162 Å². The standard InChI is InChI=1S/C48H32N4O/c1-48(2)39-26-31(32-20-13-21-36-35-19-10-12-23-43(35)53-44(32)36)24-25-33(39)37-28-42-38(27-40(37)48)34-18-9-11-22-41(34)52(42)47-50-45(29-14-5-3-6-15-29)49-46(51-47)30-16-7-4-8-17-30/h3-28H,1-2H3. The number of rotatable bonds is 4. The average molecular weight is 681 g/mol. The molecule has 0 atom stereocenters. The van der Waals surface area contributed by atoms with Gasteiger partial charge in [0.1, 0.15) is 11.2 Å². The third kappa shape index (κ3) is 4.40. The molecule has 0 aliphatic heterocycles. The molecule has 0 saturated carbocycles. The molecular formula is C48H32N4O. The van der Waals surface area contributed by atoms with Crippen molar-refractivity contribution >= 4 is 43.7 Å². The number of nitrogens with zero attached hydrogens (tertiary/aromatic N) is 4. The molecule has 0 N–H and O–H groups in total. The molecule has 0 fully saturated rings. The fourth-order valence-electron chi connectivity index (χ4n) is 8.45. The first-order valence-electron chi connectivity index (χ1n) is 18.0. The van der Waals surface area contributed by atoms with Crippen LogP contribution in [0, 0.1) is 0 Å². The maximum Gasteiger partial charge on any atom is 0.238 e. The highest BCUT2D eigenvalue weighted by molar-refractivity contribution is 6.12. The molecule has 1 aliphatic rings. The summed E-state index contributed by atoms with van der Waals surface area (Å²) in [6, 6.07) is 55.3. The average Bonchev–Trinajstić information content (AvgIpc) is 3.83. The molecule has 5 nitrogen and oxygen atoms in total. The predicted octanol–water partition coefficient (Wildman–Crippen LogP) is 12.2. The maximum atomic E-state index is 6.46. The summed E-state index contributed by atoms with van der Waals surface area (Å²) in [6.45, 7) is 4.69. The Labute approximate surface area is 305 Å². The Balaban J connectivity index is 1.13. The van der Waals surface area contributed by atoms with Crippen molar-refractivity contribution in [3.05, 3.63) is 169 Å². The summed E-state index contributed by atoms with van der Waals surface area (Å²) in [6.07, 6.45) is 0. The SMILES string of the molecule is CC1(C)c2cc(-c3cccc4c3oc3ccccc34)ccc2-c2cc3c(cc21)c1ccccc1n3-c1nc(-c2ccccc2)nc(-c2ccccc2)n1. The van der Waals surface area contributed by atoms with Crippen molar-refractivity contribution < 1.29 is 4.42 Å². The minimum absolute atomic E-state index is 0.228. The van der Waals surface area contributed by atoms with E-state index in [-0.39, 0.29) is 5.41 Å². The first-order chi connectivity index (χ1) is 26.0. The lowest BCUT2D eigenvalue weighted by molar-refractivity contribution is 0.661. The highest BCUT2D eigenvalue weighted by Gasteiger charge is 2.37. The van der Waals surface area contributed by atoms with Crippen LogP contribution in [-0.4, -0.2) is 19.5 Å². The quantitative estimate of drug-likeness (QED) is 0.186. The van der Waals surface area contributed by atoms with Crippen molar-refractivity contribution in [2.45, 2.75) is 19.3 Å². The van der Waals surface area contributed by atoms with E-state index in [1.54, 1.807) is 0 Å². The van der Waals surface area contributed by atoms with E-state index in [1.165, 1.54) is 27.6 Å². The van der Waals surface area contributed by atoms with Crippen LogP contribution in [0.25, 0.3) is 94.7 Å². The molecule has 53 heavy (non-hydrogen) atoms. The van der Waals surface area contributed by atoms with Gasteiger partial charge in [-0.15, -0.1) is 0 Å². The van der Waals surface area contributed by atoms with Crippen LogP contribution in [0.2, 0.25) is 0 Å². The zero-order valence-corrected chi connectivity index (χ0v) is 29.2. The summed E-state index contributed by atoms with van der Waals surface area (Å²) in [4.78, 5) is 15.3. The molecule has 1 aliphatic carbocycles. The van der Waals surface area contributed by atoms with E-state index in [2.05, 4.69) is 128 Å². The van der Waals surface area contributed by atoms with E-state index in [9.17, 15) is 0 Å². The van der Waals surface area contributed by atoms with Crippen LogP contribution in [0.3, 0.4) is 0 Å². The van der Waals surface area contributed by atoms with Gasteiger partial charge in [0.2, 0.25) is 5.95 Å². The highest BCUT2D eigenvalue weighted by Crippen LogP contribution is 2.52. The Morgan fingerprint density at radius 1 is 0.453 bits per heavy atom. The molecular weight excluding hydrogens is 649 g/mol. The molecule has 250 valence electrons. The van der Waals surface area contributed by atoms with Crippen molar-refractivity contribution in [1.29, 1.82) is 0 Å². The molecule has 10 aromatic rings. The minimum Gasteiger partial charge on any atom is -0.455 e. The van der Waals surface area contributed by atoms with E-state index in [0.29, 0.717) is 17.6 Å². The second kappa shape index (κ2) is 11.1. The van der Waals surface area contributed by atoms with Crippen LogP contribution in [0.5, 0.6) is 0 Å². The molecule has 7 aromatic carbocycles. The molecule has 3 heterocycles. The van der Waals surface area contributed by atoms with Gasteiger partial charge in [0.05, 0.1) is 11.0 Å². The number of fused-ring (bicyclic) bond motifs is 9. The van der Waals surface area contributed by atoms with Gasteiger partial charge in [-0.3, -0.25) is 4.57 Å². The molecule has 3 aromatic heterocycles. The lowest BCUT2D eigenvalue weighted by atomic mass is 9.81. The first-order valence-corrected chi connectivity index (χ1v) is 18.0. The predicted molar refractivity (Wildman–Crippen MR) is 215 cm³/mol. The summed E-state index contributed by atoms with van der Waals surface area (Å²) in [7, 11) is 0. The number of para-hydroxylation sites is 3. The van der Waals surface area contributed by atoms with Crippen LogP contribution in [-0.2, 0) is 5.41 Å². The van der Waals surface area contributed by atoms with E-state index >= 15 is 0 Å². The second-order valence-corrected chi connectivity index (χ2v) is 14.4. The van der Waals surface area contributed by atoms with Crippen LogP contribution in [0.1, 0.15) is 25.0 Å². The Hall–Kier alpha value is -6.85. The van der Waals surface area contributed by atoms with Crippen molar-refractivity contribution in [3.63, 3.8) is 0 Å². The van der Waals surface area contributed by atoms with E-state index in [4.69, 9.17) is 19.4 Å². The number of benzene rings is 7. The molecule has 0 unspecified atom stereocenters. The topological polar surface area (TPSA) is 56.7 Å². The monoisotopic (exact) mass is 680 g/mol. The summed E-state index contributed by atoms with van der Waals surface area (Å²) in [5.74, 6) is 1.87. The fourth-order valence-corrected chi connectivity index (χ4v) is 8.45. The molecule has 0 bridgehead atoms. The maximum absolute atomic E-state index is 6.46. The minimum atomic E-state index is -0.228.